The van der Waals surface area contributed by atoms with Crippen molar-refractivity contribution < 1.29 is 9.13 Å². The van der Waals surface area contributed by atoms with Crippen molar-refractivity contribution in [3.63, 3.8) is 0 Å². The molecule has 3 nitrogen and oxygen atoms in total. The fourth-order valence-corrected chi connectivity index (χ4v) is 8.94. The molecule has 6 atom stereocenters. The lowest BCUT2D eigenvalue weighted by atomic mass is 9.58. The first-order valence-electron chi connectivity index (χ1n) is 13.7. The number of aromatic nitrogens is 1. The summed E-state index contributed by atoms with van der Waals surface area (Å²) in [6.45, 7) is 2.80. The SMILES string of the molecule is CN(CCF)C1CCC2=CC3=CC[C@]4(C)C(c5ccc6ccncc6c5)CC[C@H]4[C@@]34CC[C@]2(C1)O4. The molecule has 184 valence electrons. The highest BCUT2D eigenvalue weighted by molar-refractivity contribution is 5.82. The molecule has 3 fully saturated rings. The number of pyridine rings is 1. The first-order valence-corrected chi connectivity index (χ1v) is 13.7. The zero-order valence-electron chi connectivity index (χ0n) is 21.1. The van der Waals surface area contributed by atoms with Gasteiger partial charge in [-0.25, -0.2) is 4.39 Å². The second-order valence-electron chi connectivity index (χ2n) is 12.3. The van der Waals surface area contributed by atoms with Crippen LogP contribution in [0.3, 0.4) is 0 Å². The van der Waals surface area contributed by atoms with Gasteiger partial charge >= 0.3 is 0 Å². The third-order valence-electron chi connectivity index (χ3n) is 10.8. The average Bonchev–Trinajstić information content (AvgIpc) is 3.38. The zero-order chi connectivity index (χ0) is 23.8. The quantitative estimate of drug-likeness (QED) is 0.492. The van der Waals surface area contributed by atoms with Crippen molar-refractivity contribution in [2.75, 3.05) is 20.3 Å². The predicted molar refractivity (Wildman–Crippen MR) is 138 cm³/mol. The molecular weight excluding hydrogens is 435 g/mol. The topological polar surface area (TPSA) is 25.4 Å². The van der Waals surface area contributed by atoms with E-state index >= 15 is 0 Å². The Morgan fingerprint density at radius 3 is 2.94 bits per heavy atom. The van der Waals surface area contributed by atoms with Crippen LogP contribution in [0, 0.1) is 11.3 Å². The van der Waals surface area contributed by atoms with E-state index in [4.69, 9.17) is 4.74 Å². The summed E-state index contributed by atoms with van der Waals surface area (Å²) in [4.78, 5) is 6.60. The molecule has 2 saturated carbocycles. The monoisotopic (exact) mass is 472 g/mol. The molecule has 0 radical (unpaired) electrons. The van der Waals surface area contributed by atoms with Crippen LogP contribution in [0.2, 0.25) is 0 Å². The summed E-state index contributed by atoms with van der Waals surface area (Å²) in [6, 6.07) is 9.55. The third kappa shape index (κ3) is 3.05. The van der Waals surface area contributed by atoms with Gasteiger partial charge in [0.05, 0.1) is 11.2 Å². The maximum Gasteiger partial charge on any atom is 0.102 e. The van der Waals surface area contributed by atoms with Crippen LogP contribution in [0.5, 0.6) is 0 Å². The fourth-order valence-electron chi connectivity index (χ4n) is 8.94. The largest absolute Gasteiger partial charge is 0.359 e. The molecular formula is C31H37FN2O. The highest BCUT2D eigenvalue weighted by Crippen LogP contribution is 2.69. The standard InChI is InChI=1S/C31H37FN2O/c1-29-11-9-25-18-24-5-6-26(34(2)16-14-32)19-30(24)12-13-31(25,35-30)28(29)8-7-27(29)22-4-3-21-10-15-33-20-23(21)17-22/h3-4,9-10,15,17-18,20,26-28H,5-8,11-14,16,19H2,1-2H3/t26?,27?,28-,29-,30-,31-/m1/s1. The van der Waals surface area contributed by atoms with Crippen molar-refractivity contribution >= 4 is 10.8 Å². The number of benzene rings is 1. The van der Waals surface area contributed by atoms with Gasteiger partial charge in [0.2, 0.25) is 0 Å². The van der Waals surface area contributed by atoms with E-state index in [-0.39, 0.29) is 23.3 Å². The molecule has 0 N–H and O–H groups in total. The van der Waals surface area contributed by atoms with E-state index < -0.39 is 0 Å². The molecule has 2 unspecified atom stereocenters. The van der Waals surface area contributed by atoms with Gasteiger partial charge in [-0.15, -0.1) is 0 Å². The van der Waals surface area contributed by atoms with Crippen molar-refractivity contribution in [1.82, 2.24) is 9.88 Å². The Bertz CT molecular complexity index is 1240. The van der Waals surface area contributed by atoms with Crippen molar-refractivity contribution in [1.29, 1.82) is 0 Å². The molecule has 3 heterocycles. The van der Waals surface area contributed by atoms with Crippen LogP contribution in [-0.4, -0.2) is 47.4 Å². The van der Waals surface area contributed by atoms with E-state index in [0.29, 0.717) is 24.4 Å². The summed E-state index contributed by atoms with van der Waals surface area (Å²) < 4.78 is 20.5. The number of alkyl halides is 1. The lowest BCUT2D eigenvalue weighted by Crippen LogP contribution is -2.55. The van der Waals surface area contributed by atoms with Gasteiger partial charge in [0.1, 0.15) is 6.67 Å². The Morgan fingerprint density at radius 1 is 1.14 bits per heavy atom. The number of fused-ring (bicyclic) bond motifs is 2. The summed E-state index contributed by atoms with van der Waals surface area (Å²) in [5.41, 5.74) is 4.40. The molecule has 5 aliphatic rings. The average molecular weight is 473 g/mol. The molecule has 0 amide bonds. The van der Waals surface area contributed by atoms with Gasteiger partial charge < -0.3 is 9.64 Å². The van der Waals surface area contributed by atoms with Gasteiger partial charge in [-0.05, 0) is 110 Å². The Kier molecular flexibility index (Phi) is 4.90. The second kappa shape index (κ2) is 7.73. The molecule has 1 aromatic heterocycles. The molecule has 1 saturated heterocycles. The van der Waals surface area contributed by atoms with Gasteiger partial charge in [-0.1, -0.05) is 31.2 Å². The molecule has 3 aliphatic carbocycles. The predicted octanol–water partition coefficient (Wildman–Crippen LogP) is 6.75. The first kappa shape index (κ1) is 22.2. The summed E-state index contributed by atoms with van der Waals surface area (Å²) in [6.07, 6.45) is 18.0. The van der Waals surface area contributed by atoms with Crippen molar-refractivity contribution in [2.24, 2.45) is 11.3 Å². The van der Waals surface area contributed by atoms with E-state index in [9.17, 15) is 4.39 Å². The highest BCUT2D eigenvalue weighted by Gasteiger charge is 2.66. The number of hydrogen-bond acceptors (Lipinski definition) is 3. The van der Waals surface area contributed by atoms with Crippen LogP contribution >= 0.6 is 0 Å². The van der Waals surface area contributed by atoms with Crippen LogP contribution in [0.15, 0.2) is 60.0 Å². The van der Waals surface area contributed by atoms with Crippen molar-refractivity contribution in [3.05, 3.63) is 65.5 Å². The number of ether oxygens (including phenoxy) is 1. The van der Waals surface area contributed by atoms with E-state index in [1.54, 1.807) is 0 Å². The van der Waals surface area contributed by atoms with Gasteiger partial charge in [0, 0.05) is 30.4 Å². The molecule has 35 heavy (non-hydrogen) atoms. The van der Waals surface area contributed by atoms with Gasteiger partial charge in [0.25, 0.3) is 0 Å². The number of hydrogen-bond donors (Lipinski definition) is 0. The van der Waals surface area contributed by atoms with Crippen molar-refractivity contribution in [2.45, 2.75) is 81.5 Å². The van der Waals surface area contributed by atoms with Gasteiger partial charge in [0.15, 0.2) is 0 Å². The van der Waals surface area contributed by atoms with E-state index in [2.05, 4.69) is 60.3 Å². The zero-order valence-corrected chi connectivity index (χ0v) is 21.1. The van der Waals surface area contributed by atoms with Crippen LogP contribution < -0.4 is 0 Å². The number of halogens is 1. The minimum absolute atomic E-state index is 0.129. The number of allylic oxidation sites excluding steroid dienone is 1. The molecule has 2 aromatic rings. The fraction of sp³-hybridized carbons (Fsp3) is 0.581. The third-order valence-corrected chi connectivity index (χ3v) is 10.8. The van der Waals surface area contributed by atoms with Crippen LogP contribution in [0.1, 0.15) is 69.8 Å². The minimum atomic E-state index is -0.271. The van der Waals surface area contributed by atoms with Crippen molar-refractivity contribution in [3.8, 4) is 0 Å². The lowest BCUT2D eigenvalue weighted by molar-refractivity contribution is -0.140. The Morgan fingerprint density at radius 2 is 2.06 bits per heavy atom. The van der Waals surface area contributed by atoms with Gasteiger partial charge in [-0.2, -0.15) is 0 Å². The summed E-state index contributed by atoms with van der Waals surface area (Å²) >= 11 is 0. The molecule has 2 aliphatic heterocycles. The lowest BCUT2D eigenvalue weighted by Gasteiger charge is -2.55. The van der Waals surface area contributed by atoms with Crippen LogP contribution in [-0.2, 0) is 4.74 Å². The Hall–Kier alpha value is -2.04. The summed E-state index contributed by atoms with van der Waals surface area (Å²) in [5.74, 6) is 1.09. The second-order valence-corrected chi connectivity index (χ2v) is 12.3. The summed E-state index contributed by atoms with van der Waals surface area (Å²) in [7, 11) is 2.09. The molecule has 2 spiro atoms. The maximum atomic E-state index is 13.1. The van der Waals surface area contributed by atoms with Crippen LogP contribution in [0.4, 0.5) is 4.39 Å². The van der Waals surface area contributed by atoms with E-state index in [1.165, 1.54) is 40.3 Å². The molecule has 4 heteroatoms. The van der Waals surface area contributed by atoms with Gasteiger partial charge in [-0.3, -0.25) is 4.98 Å². The number of rotatable bonds is 4. The van der Waals surface area contributed by atoms with E-state index in [0.717, 1.165) is 38.5 Å². The summed E-state index contributed by atoms with van der Waals surface area (Å²) in [5, 5.41) is 2.51. The molecule has 7 rings (SSSR count). The van der Waals surface area contributed by atoms with E-state index in [1.807, 2.05) is 12.4 Å². The Balaban J connectivity index is 1.24. The maximum absolute atomic E-state index is 13.1. The highest BCUT2D eigenvalue weighted by atomic mass is 19.1. The van der Waals surface area contributed by atoms with Crippen LogP contribution in [0.25, 0.3) is 10.8 Å². The number of nitrogens with zero attached hydrogens (tertiary/aromatic N) is 2. The Labute approximate surface area is 208 Å². The first-order chi connectivity index (χ1) is 17.0. The normalized spacial score (nSPS) is 39.7. The molecule has 2 bridgehead atoms. The minimum Gasteiger partial charge on any atom is -0.359 e. The molecule has 1 aromatic carbocycles. The smallest absolute Gasteiger partial charge is 0.102 e.